The average Bonchev–Trinajstić information content (AvgIpc) is 2.47. The maximum Gasteiger partial charge on any atom is 0.223 e. The van der Waals surface area contributed by atoms with Gasteiger partial charge in [-0.1, -0.05) is 24.3 Å². The van der Waals surface area contributed by atoms with Gasteiger partial charge in [0.1, 0.15) is 12.9 Å². The molecular weight excluding hydrogens is 261 g/mol. The molecule has 21 heavy (non-hydrogen) atoms. The monoisotopic (exact) mass is 280 g/mol. The van der Waals surface area contributed by atoms with Crippen LogP contribution in [0.4, 0.5) is 4.39 Å². The molecule has 0 aliphatic heterocycles. The molecule has 3 aromatic rings. The van der Waals surface area contributed by atoms with Gasteiger partial charge in [-0.15, -0.1) is 0 Å². The Morgan fingerprint density at radius 3 is 2.43 bits per heavy atom. The number of aryl methyl sites for hydroxylation is 3. The molecule has 1 nitrogen and oxygen atoms in total. The molecule has 0 aliphatic rings. The first-order chi connectivity index (χ1) is 10.0. The Bertz CT molecular complexity index is 824. The van der Waals surface area contributed by atoms with E-state index in [9.17, 15) is 4.39 Å². The van der Waals surface area contributed by atoms with Crippen molar-refractivity contribution in [2.24, 2.45) is 7.05 Å². The number of hydrogen-bond acceptors (Lipinski definition) is 0. The summed E-state index contributed by atoms with van der Waals surface area (Å²) in [6, 6.07) is 12.1. The smallest absolute Gasteiger partial charge is 0.206 e. The fourth-order valence-electron chi connectivity index (χ4n) is 2.96. The molecule has 2 aromatic carbocycles. The van der Waals surface area contributed by atoms with Crippen molar-refractivity contribution in [3.63, 3.8) is 0 Å². The van der Waals surface area contributed by atoms with E-state index in [4.69, 9.17) is 0 Å². The minimum Gasteiger partial charge on any atom is -0.206 e. The number of rotatable bonds is 1. The Labute approximate surface area is 124 Å². The third-order valence-electron chi connectivity index (χ3n) is 4.25. The molecule has 0 bridgehead atoms. The molecule has 106 valence electrons. The van der Waals surface area contributed by atoms with Gasteiger partial charge >= 0.3 is 0 Å². The number of pyridine rings is 1. The molecular formula is C19H19FN+. The van der Waals surface area contributed by atoms with Gasteiger partial charge < -0.3 is 0 Å². The van der Waals surface area contributed by atoms with Crippen LogP contribution in [0.25, 0.3) is 22.0 Å². The molecule has 0 amide bonds. The Balaban J connectivity index is 2.49. The summed E-state index contributed by atoms with van der Waals surface area (Å²) in [5, 5.41) is 2.21. The topological polar surface area (TPSA) is 3.88 Å². The molecule has 0 saturated carbocycles. The highest BCUT2D eigenvalue weighted by Crippen LogP contribution is 2.32. The quantitative estimate of drug-likeness (QED) is 0.582. The van der Waals surface area contributed by atoms with Crippen LogP contribution in [0.1, 0.15) is 16.7 Å². The Morgan fingerprint density at radius 1 is 0.952 bits per heavy atom. The molecule has 0 atom stereocenters. The minimum atomic E-state index is -0.120. The van der Waals surface area contributed by atoms with E-state index in [2.05, 4.69) is 18.2 Å². The second-order valence-electron chi connectivity index (χ2n) is 5.69. The highest BCUT2D eigenvalue weighted by molar-refractivity contribution is 5.93. The van der Waals surface area contributed by atoms with E-state index in [1.165, 1.54) is 0 Å². The number of benzene rings is 2. The predicted octanol–water partition coefficient (Wildman–Crippen LogP) is 4.40. The highest BCUT2D eigenvalue weighted by atomic mass is 19.1. The summed E-state index contributed by atoms with van der Waals surface area (Å²) >= 11 is 0. The average molecular weight is 280 g/mol. The van der Waals surface area contributed by atoms with Crippen molar-refractivity contribution in [2.75, 3.05) is 0 Å². The van der Waals surface area contributed by atoms with Gasteiger partial charge in [0, 0.05) is 6.07 Å². The maximum atomic E-state index is 14.8. The van der Waals surface area contributed by atoms with Gasteiger partial charge in [-0.05, 0) is 48.9 Å². The van der Waals surface area contributed by atoms with Crippen molar-refractivity contribution >= 4 is 10.8 Å². The lowest BCUT2D eigenvalue weighted by Gasteiger charge is -2.13. The van der Waals surface area contributed by atoms with Gasteiger partial charge in [-0.3, -0.25) is 0 Å². The lowest BCUT2D eigenvalue weighted by atomic mass is 9.94. The normalized spacial score (nSPS) is 11.1. The first kappa shape index (κ1) is 13.7. The zero-order valence-electron chi connectivity index (χ0n) is 12.9. The third kappa shape index (κ3) is 2.11. The van der Waals surface area contributed by atoms with Crippen LogP contribution in [0.5, 0.6) is 0 Å². The van der Waals surface area contributed by atoms with Crippen molar-refractivity contribution < 1.29 is 8.96 Å². The SMILES string of the molecule is Cc1cc(C)c(F)c(-c2c3ccccc3cc[n+]2C)c1C. The van der Waals surface area contributed by atoms with Crippen LogP contribution in [0.3, 0.4) is 0 Å². The Morgan fingerprint density at radius 2 is 1.67 bits per heavy atom. The van der Waals surface area contributed by atoms with E-state index in [1.807, 2.05) is 56.8 Å². The van der Waals surface area contributed by atoms with Crippen molar-refractivity contribution in [1.29, 1.82) is 0 Å². The van der Waals surface area contributed by atoms with E-state index in [0.717, 1.165) is 27.6 Å². The van der Waals surface area contributed by atoms with Gasteiger partial charge in [-0.2, -0.15) is 0 Å². The molecule has 0 N–H and O–H groups in total. The summed E-state index contributed by atoms with van der Waals surface area (Å²) < 4.78 is 16.8. The zero-order valence-corrected chi connectivity index (χ0v) is 12.9. The first-order valence-electron chi connectivity index (χ1n) is 7.14. The lowest BCUT2D eigenvalue weighted by Crippen LogP contribution is -2.31. The van der Waals surface area contributed by atoms with Crippen LogP contribution in [-0.4, -0.2) is 0 Å². The van der Waals surface area contributed by atoms with Crippen molar-refractivity contribution in [1.82, 2.24) is 0 Å². The number of aromatic nitrogens is 1. The molecule has 1 aromatic heterocycles. The van der Waals surface area contributed by atoms with Crippen LogP contribution in [0, 0.1) is 26.6 Å². The van der Waals surface area contributed by atoms with Crippen LogP contribution >= 0.6 is 0 Å². The standard InChI is InChI=1S/C19H19FN/c1-12-11-13(2)18(20)17(14(12)3)19-16-8-6-5-7-15(16)9-10-21(19)4/h5-11H,1-4H3/q+1. The number of fused-ring (bicyclic) bond motifs is 1. The van der Waals surface area contributed by atoms with Crippen LogP contribution in [0.15, 0.2) is 42.6 Å². The van der Waals surface area contributed by atoms with Crippen LogP contribution < -0.4 is 4.57 Å². The molecule has 3 rings (SSSR count). The van der Waals surface area contributed by atoms with E-state index in [0.29, 0.717) is 11.1 Å². The maximum absolute atomic E-state index is 14.8. The van der Waals surface area contributed by atoms with E-state index >= 15 is 0 Å². The summed E-state index contributed by atoms with van der Waals surface area (Å²) in [7, 11) is 1.97. The molecule has 0 spiro atoms. The summed E-state index contributed by atoms with van der Waals surface area (Å²) in [5.41, 5.74) is 4.48. The van der Waals surface area contributed by atoms with E-state index in [1.54, 1.807) is 0 Å². The van der Waals surface area contributed by atoms with Gasteiger partial charge in [0.25, 0.3) is 0 Å². The van der Waals surface area contributed by atoms with Crippen molar-refractivity contribution in [3.8, 4) is 11.3 Å². The molecule has 1 heterocycles. The van der Waals surface area contributed by atoms with E-state index < -0.39 is 0 Å². The molecule has 0 fully saturated rings. The fourth-order valence-corrected chi connectivity index (χ4v) is 2.96. The van der Waals surface area contributed by atoms with Crippen molar-refractivity contribution in [3.05, 3.63) is 65.1 Å². The summed E-state index contributed by atoms with van der Waals surface area (Å²) in [4.78, 5) is 0. The number of nitrogens with zero attached hydrogens (tertiary/aromatic N) is 1. The van der Waals surface area contributed by atoms with Gasteiger partial charge in [-0.25, -0.2) is 8.96 Å². The fraction of sp³-hybridized carbons (Fsp3) is 0.211. The van der Waals surface area contributed by atoms with Crippen LogP contribution in [-0.2, 0) is 7.05 Å². The van der Waals surface area contributed by atoms with Gasteiger partial charge in [0.15, 0.2) is 6.20 Å². The largest absolute Gasteiger partial charge is 0.223 e. The number of halogens is 1. The summed E-state index contributed by atoms with van der Waals surface area (Å²) in [5.74, 6) is -0.120. The first-order valence-corrected chi connectivity index (χ1v) is 7.14. The molecule has 2 heteroatoms. The second-order valence-corrected chi connectivity index (χ2v) is 5.69. The number of hydrogen-bond donors (Lipinski definition) is 0. The van der Waals surface area contributed by atoms with Crippen LogP contribution in [0.2, 0.25) is 0 Å². The van der Waals surface area contributed by atoms with Crippen molar-refractivity contribution in [2.45, 2.75) is 20.8 Å². The predicted molar refractivity (Wildman–Crippen MR) is 84.7 cm³/mol. The van der Waals surface area contributed by atoms with E-state index in [-0.39, 0.29) is 5.82 Å². The van der Waals surface area contributed by atoms with Gasteiger partial charge in [0.05, 0.1) is 10.9 Å². The minimum absolute atomic E-state index is 0.120. The molecule has 0 aliphatic carbocycles. The zero-order chi connectivity index (χ0) is 15.1. The molecule has 0 saturated heterocycles. The van der Waals surface area contributed by atoms with Gasteiger partial charge in [0.2, 0.25) is 5.69 Å². The summed E-state index contributed by atoms with van der Waals surface area (Å²) in [6.07, 6.45) is 1.99. The summed E-state index contributed by atoms with van der Waals surface area (Å²) in [6.45, 7) is 5.86. The molecule has 0 radical (unpaired) electrons. The highest BCUT2D eigenvalue weighted by Gasteiger charge is 2.23. The Hall–Kier alpha value is -2.22. The molecule has 0 unspecified atom stereocenters. The Kier molecular flexibility index (Phi) is 3.25. The lowest BCUT2D eigenvalue weighted by molar-refractivity contribution is -0.659. The third-order valence-corrected chi connectivity index (χ3v) is 4.25. The second kappa shape index (κ2) is 4.96.